The lowest BCUT2D eigenvalue weighted by atomic mass is 9.75. The van der Waals surface area contributed by atoms with Crippen molar-refractivity contribution in [3.05, 3.63) is 18.1 Å². The Morgan fingerprint density at radius 3 is 2.59 bits per heavy atom. The van der Waals surface area contributed by atoms with Crippen molar-refractivity contribution in [2.45, 2.75) is 37.3 Å². The van der Waals surface area contributed by atoms with Crippen LogP contribution in [-0.4, -0.2) is 29.8 Å². The first-order valence-electron chi connectivity index (χ1n) is 5.86. The Balaban J connectivity index is 2.11. The number of hydrogen-bond donors (Lipinski definition) is 1. The van der Waals surface area contributed by atoms with E-state index in [1.54, 1.807) is 26.6 Å². The smallest absolute Gasteiger partial charge is 0.236 e. The molecular weight excluding hydrogens is 218 g/mol. The van der Waals surface area contributed by atoms with Gasteiger partial charge in [0.1, 0.15) is 5.69 Å². The zero-order valence-electron chi connectivity index (χ0n) is 10.3. The van der Waals surface area contributed by atoms with Crippen molar-refractivity contribution in [2.24, 2.45) is 5.73 Å². The summed E-state index contributed by atoms with van der Waals surface area (Å²) in [5, 5.41) is 0. The zero-order valence-corrected chi connectivity index (χ0v) is 10.3. The second-order valence-electron chi connectivity index (χ2n) is 4.50. The van der Waals surface area contributed by atoms with Gasteiger partial charge in [-0.3, -0.25) is 4.98 Å². The van der Waals surface area contributed by atoms with Gasteiger partial charge in [0.2, 0.25) is 5.88 Å². The molecular formula is C12H19N3O2. The van der Waals surface area contributed by atoms with Gasteiger partial charge in [-0.05, 0) is 25.7 Å². The lowest BCUT2D eigenvalue weighted by Crippen LogP contribution is -2.42. The lowest BCUT2D eigenvalue weighted by Gasteiger charge is -2.42. The van der Waals surface area contributed by atoms with Gasteiger partial charge >= 0.3 is 0 Å². The third kappa shape index (κ3) is 2.40. The Morgan fingerprint density at radius 2 is 2.06 bits per heavy atom. The maximum absolute atomic E-state index is 6.18. The van der Waals surface area contributed by atoms with Crippen LogP contribution in [0.3, 0.4) is 0 Å². The second-order valence-corrected chi connectivity index (χ2v) is 4.50. The van der Waals surface area contributed by atoms with Crippen LogP contribution >= 0.6 is 0 Å². The first kappa shape index (κ1) is 12.3. The fraction of sp³-hybridized carbons (Fsp3) is 0.667. The van der Waals surface area contributed by atoms with Gasteiger partial charge in [-0.1, -0.05) is 0 Å². The van der Waals surface area contributed by atoms with Crippen LogP contribution in [-0.2, 0) is 4.74 Å². The minimum Gasteiger partial charge on any atom is -0.480 e. The van der Waals surface area contributed by atoms with Crippen molar-refractivity contribution >= 4 is 0 Å². The van der Waals surface area contributed by atoms with Gasteiger partial charge in [-0.15, -0.1) is 0 Å². The molecule has 1 aliphatic rings. The summed E-state index contributed by atoms with van der Waals surface area (Å²) in [6.45, 7) is 0. The number of rotatable bonds is 5. The van der Waals surface area contributed by atoms with E-state index in [9.17, 15) is 0 Å². The van der Waals surface area contributed by atoms with Crippen molar-refractivity contribution in [1.29, 1.82) is 0 Å². The standard InChI is InChI=1S/C12H19N3O2/c1-16-11-10(14-6-7-15-11)9(13)8-12(17-2)4-3-5-12/h6-7,9H,3-5,8,13H2,1-2H3. The molecule has 0 amide bonds. The Kier molecular flexibility index (Phi) is 3.59. The van der Waals surface area contributed by atoms with Crippen molar-refractivity contribution in [1.82, 2.24) is 9.97 Å². The molecule has 0 radical (unpaired) electrons. The maximum atomic E-state index is 6.18. The van der Waals surface area contributed by atoms with E-state index in [0.717, 1.165) is 19.3 Å². The minimum absolute atomic E-state index is 0.0675. The van der Waals surface area contributed by atoms with Crippen LogP contribution in [0.25, 0.3) is 0 Å². The fourth-order valence-electron chi connectivity index (χ4n) is 2.31. The normalized spacial score (nSPS) is 19.5. The van der Waals surface area contributed by atoms with Crippen LogP contribution in [0.1, 0.15) is 37.4 Å². The van der Waals surface area contributed by atoms with E-state index in [0.29, 0.717) is 11.6 Å². The Labute approximate surface area is 101 Å². The van der Waals surface area contributed by atoms with E-state index in [1.807, 2.05) is 0 Å². The molecule has 2 rings (SSSR count). The summed E-state index contributed by atoms with van der Waals surface area (Å²) < 4.78 is 10.7. The topological polar surface area (TPSA) is 70.3 Å². The average molecular weight is 237 g/mol. The molecule has 1 fully saturated rings. The molecule has 1 aliphatic carbocycles. The number of hydrogen-bond acceptors (Lipinski definition) is 5. The average Bonchev–Trinajstić information content (AvgIpc) is 2.33. The fourth-order valence-corrected chi connectivity index (χ4v) is 2.31. The molecule has 0 saturated heterocycles. The predicted molar refractivity (Wildman–Crippen MR) is 63.7 cm³/mol. The van der Waals surface area contributed by atoms with E-state index in [4.69, 9.17) is 15.2 Å². The number of aromatic nitrogens is 2. The second kappa shape index (κ2) is 4.98. The van der Waals surface area contributed by atoms with Crippen LogP contribution < -0.4 is 10.5 Å². The van der Waals surface area contributed by atoms with Crippen LogP contribution in [0.5, 0.6) is 5.88 Å². The summed E-state index contributed by atoms with van der Waals surface area (Å²) in [7, 11) is 3.33. The van der Waals surface area contributed by atoms with Gasteiger partial charge in [0.05, 0.1) is 18.8 Å². The molecule has 5 nitrogen and oxygen atoms in total. The molecule has 0 aromatic carbocycles. The minimum atomic E-state index is -0.195. The van der Waals surface area contributed by atoms with E-state index < -0.39 is 0 Å². The van der Waals surface area contributed by atoms with Gasteiger partial charge in [0, 0.05) is 19.5 Å². The Bertz CT molecular complexity index is 374. The van der Waals surface area contributed by atoms with E-state index >= 15 is 0 Å². The van der Waals surface area contributed by atoms with Crippen molar-refractivity contribution in [3.8, 4) is 5.88 Å². The van der Waals surface area contributed by atoms with E-state index in [1.165, 1.54) is 6.42 Å². The highest BCUT2D eigenvalue weighted by Crippen LogP contribution is 2.41. The van der Waals surface area contributed by atoms with Gasteiger partial charge in [-0.25, -0.2) is 4.98 Å². The molecule has 1 aromatic rings. The molecule has 17 heavy (non-hydrogen) atoms. The Hall–Kier alpha value is -1.20. The predicted octanol–water partition coefficient (Wildman–Crippen LogP) is 1.44. The molecule has 0 aliphatic heterocycles. The van der Waals surface area contributed by atoms with Crippen LogP contribution in [0.2, 0.25) is 0 Å². The first-order chi connectivity index (χ1) is 8.21. The summed E-state index contributed by atoms with van der Waals surface area (Å²) in [6.07, 6.45) is 7.35. The first-order valence-corrected chi connectivity index (χ1v) is 5.86. The third-order valence-electron chi connectivity index (χ3n) is 3.53. The highest BCUT2D eigenvalue weighted by atomic mass is 16.5. The van der Waals surface area contributed by atoms with E-state index in [-0.39, 0.29) is 11.6 Å². The quantitative estimate of drug-likeness (QED) is 0.839. The number of ether oxygens (including phenoxy) is 2. The van der Waals surface area contributed by atoms with Crippen molar-refractivity contribution < 1.29 is 9.47 Å². The number of nitrogens with zero attached hydrogens (tertiary/aromatic N) is 2. The van der Waals surface area contributed by atoms with Gasteiger partial charge in [0.25, 0.3) is 0 Å². The highest BCUT2D eigenvalue weighted by molar-refractivity contribution is 5.21. The highest BCUT2D eigenvalue weighted by Gasteiger charge is 2.39. The molecule has 1 heterocycles. The lowest BCUT2D eigenvalue weighted by molar-refractivity contribution is -0.0820. The van der Waals surface area contributed by atoms with Gasteiger partial charge in [0.15, 0.2) is 0 Å². The number of nitrogens with two attached hydrogens (primary N) is 1. The van der Waals surface area contributed by atoms with Crippen molar-refractivity contribution in [2.75, 3.05) is 14.2 Å². The molecule has 94 valence electrons. The Morgan fingerprint density at radius 1 is 1.35 bits per heavy atom. The summed E-state index contributed by atoms with van der Waals surface area (Å²) in [4.78, 5) is 8.37. The van der Waals surface area contributed by atoms with Crippen LogP contribution in [0, 0.1) is 0 Å². The molecule has 0 spiro atoms. The van der Waals surface area contributed by atoms with Gasteiger partial charge < -0.3 is 15.2 Å². The molecule has 5 heteroatoms. The summed E-state index contributed by atoms with van der Waals surface area (Å²) >= 11 is 0. The maximum Gasteiger partial charge on any atom is 0.236 e. The van der Waals surface area contributed by atoms with Crippen LogP contribution in [0.4, 0.5) is 0 Å². The molecule has 0 bridgehead atoms. The van der Waals surface area contributed by atoms with E-state index in [2.05, 4.69) is 9.97 Å². The van der Waals surface area contributed by atoms with Gasteiger partial charge in [-0.2, -0.15) is 0 Å². The largest absolute Gasteiger partial charge is 0.480 e. The van der Waals surface area contributed by atoms with Crippen LogP contribution in [0.15, 0.2) is 12.4 Å². The molecule has 2 N–H and O–H groups in total. The number of methoxy groups -OCH3 is 2. The molecule has 1 unspecified atom stereocenters. The summed E-state index contributed by atoms with van der Waals surface area (Å²) in [6, 6.07) is -0.195. The monoisotopic (exact) mass is 237 g/mol. The summed E-state index contributed by atoms with van der Waals surface area (Å²) in [5.74, 6) is 0.505. The zero-order chi connectivity index (χ0) is 12.3. The molecule has 1 aromatic heterocycles. The van der Waals surface area contributed by atoms with Crippen molar-refractivity contribution in [3.63, 3.8) is 0 Å². The molecule has 1 atom stereocenters. The summed E-state index contributed by atoms with van der Waals surface area (Å²) in [5.41, 5.74) is 6.82. The SMILES string of the molecule is COc1nccnc1C(N)CC1(OC)CCC1. The molecule has 1 saturated carbocycles. The third-order valence-corrected chi connectivity index (χ3v) is 3.53.